The number of benzene rings is 1. The summed E-state index contributed by atoms with van der Waals surface area (Å²) in [5.74, 6) is 0.0141. The molecule has 2 aliphatic rings. The molecule has 0 aliphatic heterocycles. The van der Waals surface area contributed by atoms with Gasteiger partial charge in [0.05, 0.1) is 22.1 Å². The molecular formula is C22H27ClFN3O4S. The first kappa shape index (κ1) is 23.2. The largest absolute Gasteiger partial charge is 0.389 e. The number of amides is 1. The third-order valence-corrected chi connectivity index (χ3v) is 8.13. The molecule has 7 nitrogen and oxygen atoms in total. The van der Waals surface area contributed by atoms with Crippen LogP contribution in [0.15, 0.2) is 18.2 Å². The van der Waals surface area contributed by atoms with Crippen molar-refractivity contribution in [3.8, 4) is 0 Å². The van der Waals surface area contributed by atoms with Gasteiger partial charge in [-0.2, -0.15) is 0 Å². The van der Waals surface area contributed by atoms with Gasteiger partial charge in [-0.3, -0.25) is 4.79 Å². The quantitative estimate of drug-likeness (QED) is 0.678. The lowest BCUT2D eigenvalue weighted by molar-refractivity contribution is 0.0613. The highest BCUT2D eigenvalue weighted by molar-refractivity contribution is 7.90. The summed E-state index contributed by atoms with van der Waals surface area (Å²) >= 11 is 5.83. The number of fused-ring (bicyclic) bond motifs is 1. The van der Waals surface area contributed by atoms with Crippen molar-refractivity contribution in [1.29, 1.82) is 0 Å². The summed E-state index contributed by atoms with van der Waals surface area (Å²) < 4.78 is 38.6. The number of nitrogens with one attached hydrogen (secondary N) is 1. The Morgan fingerprint density at radius 1 is 1.34 bits per heavy atom. The lowest BCUT2D eigenvalue weighted by Crippen LogP contribution is -2.34. The maximum absolute atomic E-state index is 13.4. The maximum atomic E-state index is 13.4. The molecule has 2 saturated carbocycles. The SMILES string of the molecule is Cc1nc(C2CC3CC(O)(CS(C)(=O)=O)CC3C2)c(C(=O)Nc2ccc(F)c(Cl)c2)n1C. The van der Waals surface area contributed by atoms with Crippen molar-refractivity contribution < 1.29 is 22.7 Å². The van der Waals surface area contributed by atoms with Crippen LogP contribution in [-0.4, -0.2) is 46.6 Å². The van der Waals surface area contributed by atoms with Crippen LogP contribution in [0.25, 0.3) is 0 Å². The van der Waals surface area contributed by atoms with E-state index < -0.39 is 21.3 Å². The first-order valence-electron chi connectivity index (χ1n) is 10.5. The summed E-state index contributed by atoms with van der Waals surface area (Å²) in [6, 6.07) is 4.01. The fraction of sp³-hybridized carbons (Fsp3) is 0.545. The second-order valence-corrected chi connectivity index (χ2v) is 12.0. The van der Waals surface area contributed by atoms with Crippen LogP contribution in [0.1, 0.15) is 53.6 Å². The van der Waals surface area contributed by atoms with Crippen LogP contribution in [-0.2, 0) is 16.9 Å². The van der Waals surface area contributed by atoms with E-state index in [1.54, 1.807) is 11.6 Å². The number of carbonyl (C=O) groups is 1. The highest BCUT2D eigenvalue weighted by atomic mass is 35.5. The fourth-order valence-electron chi connectivity index (χ4n) is 5.55. The van der Waals surface area contributed by atoms with Crippen LogP contribution in [0.5, 0.6) is 0 Å². The number of halogens is 2. The summed E-state index contributed by atoms with van der Waals surface area (Å²) in [7, 11) is -1.49. The van der Waals surface area contributed by atoms with E-state index >= 15 is 0 Å². The number of hydrogen-bond acceptors (Lipinski definition) is 5. The van der Waals surface area contributed by atoms with E-state index in [1.807, 2.05) is 6.92 Å². The van der Waals surface area contributed by atoms with Crippen molar-refractivity contribution in [2.45, 2.75) is 44.1 Å². The molecule has 2 aromatic rings. The highest BCUT2D eigenvalue weighted by Crippen LogP contribution is 2.54. The topological polar surface area (TPSA) is 101 Å². The van der Waals surface area contributed by atoms with Crippen molar-refractivity contribution in [2.75, 3.05) is 17.3 Å². The molecule has 2 aliphatic carbocycles. The van der Waals surface area contributed by atoms with Crippen LogP contribution in [0.2, 0.25) is 5.02 Å². The van der Waals surface area contributed by atoms with E-state index in [2.05, 4.69) is 10.3 Å². The number of rotatable bonds is 5. The molecule has 0 saturated heterocycles. The molecule has 0 bridgehead atoms. The van der Waals surface area contributed by atoms with E-state index in [9.17, 15) is 22.7 Å². The Morgan fingerprint density at radius 3 is 2.53 bits per heavy atom. The van der Waals surface area contributed by atoms with E-state index in [-0.39, 0.29) is 34.4 Å². The normalized spacial score (nSPS) is 27.5. The minimum atomic E-state index is -3.27. The van der Waals surface area contributed by atoms with Crippen LogP contribution in [0, 0.1) is 24.6 Å². The zero-order valence-corrected chi connectivity index (χ0v) is 19.8. The summed E-state index contributed by atoms with van der Waals surface area (Å²) in [5.41, 5.74) is 0.368. The number of hydrogen-bond donors (Lipinski definition) is 2. The molecule has 1 aromatic heterocycles. The van der Waals surface area contributed by atoms with E-state index in [4.69, 9.17) is 11.6 Å². The standard InChI is InChI=1S/C22H27ClFN3O4S/c1-12-25-19(13-6-14-9-22(29,10-15(14)7-13)11-32(3,30)31)20(27(12)2)21(28)26-16-4-5-18(24)17(23)8-16/h4-5,8,13-15,29H,6-7,9-11H2,1-3H3,(H,26,28). The molecule has 0 radical (unpaired) electrons. The number of sulfone groups is 1. The van der Waals surface area contributed by atoms with Gasteiger partial charge < -0.3 is 15.0 Å². The van der Waals surface area contributed by atoms with Crippen molar-refractivity contribution in [2.24, 2.45) is 18.9 Å². The number of aliphatic hydroxyl groups is 1. The molecule has 1 heterocycles. The van der Waals surface area contributed by atoms with Crippen LogP contribution < -0.4 is 5.32 Å². The van der Waals surface area contributed by atoms with E-state index in [1.165, 1.54) is 18.2 Å². The van der Waals surface area contributed by atoms with Gasteiger partial charge in [-0.05, 0) is 62.6 Å². The van der Waals surface area contributed by atoms with E-state index in [0.29, 0.717) is 35.7 Å². The molecule has 174 valence electrons. The predicted molar refractivity (Wildman–Crippen MR) is 120 cm³/mol. The molecule has 2 fully saturated rings. The Balaban J connectivity index is 1.53. The minimum absolute atomic E-state index is 0.0465. The monoisotopic (exact) mass is 483 g/mol. The second-order valence-electron chi connectivity index (χ2n) is 9.43. The van der Waals surface area contributed by atoms with E-state index in [0.717, 1.165) is 19.1 Å². The average molecular weight is 484 g/mol. The number of carbonyl (C=O) groups excluding carboxylic acids is 1. The van der Waals surface area contributed by atoms with Crippen molar-refractivity contribution >= 4 is 33.0 Å². The first-order chi connectivity index (χ1) is 14.8. The van der Waals surface area contributed by atoms with Gasteiger partial charge in [0.25, 0.3) is 5.91 Å². The minimum Gasteiger partial charge on any atom is -0.389 e. The molecule has 0 spiro atoms. The molecule has 2 atom stereocenters. The van der Waals surface area contributed by atoms with Crippen LogP contribution >= 0.6 is 11.6 Å². The van der Waals surface area contributed by atoms with Gasteiger partial charge in [0.15, 0.2) is 0 Å². The number of aryl methyl sites for hydroxylation is 1. The molecule has 4 rings (SSSR count). The number of anilines is 1. The zero-order valence-electron chi connectivity index (χ0n) is 18.2. The Hall–Kier alpha value is -1.97. The highest BCUT2D eigenvalue weighted by Gasteiger charge is 2.50. The molecule has 10 heteroatoms. The maximum Gasteiger partial charge on any atom is 0.274 e. The third-order valence-electron chi connectivity index (χ3n) is 6.78. The molecule has 32 heavy (non-hydrogen) atoms. The number of imidazole rings is 1. The van der Waals surface area contributed by atoms with Crippen molar-refractivity contribution in [3.63, 3.8) is 0 Å². The summed E-state index contributed by atoms with van der Waals surface area (Å²) in [6.45, 7) is 1.83. The molecule has 2 N–H and O–H groups in total. The van der Waals surface area contributed by atoms with Gasteiger partial charge in [-0.15, -0.1) is 0 Å². The fourth-order valence-corrected chi connectivity index (χ4v) is 6.95. The Bertz CT molecular complexity index is 1170. The molecule has 1 amide bonds. The Kier molecular flexibility index (Phi) is 5.88. The zero-order chi connectivity index (χ0) is 23.4. The lowest BCUT2D eigenvalue weighted by atomic mass is 9.93. The van der Waals surface area contributed by atoms with Crippen LogP contribution in [0.4, 0.5) is 10.1 Å². The molecular weight excluding hydrogens is 457 g/mol. The van der Waals surface area contributed by atoms with Gasteiger partial charge in [-0.25, -0.2) is 17.8 Å². The summed E-state index contributed by atoms with van der Waals surface area (Å²) in [4.78, 5) is 17.8. The van der Waals surface area contributed by atoms with Gasteiger partial charge in [0, 0.05) is 24.9 Å². The van der Waals surface area contributed by atoms with Gasteiger partial charge in [0.1, 0.15) is 27.2 Å². The number of aromatic nitrogens is 2. The predicted octanol–water partition coefficient (Wildman–Crippen LogP) is 3.45. The van der Waals surface area contributed by atoms with Gasteiger partial charge >= 0.3 is 0 Å². The van der Waals surface area contributed by atoms with Gasteiger partial charge in [0.2, 0.25) is 0 Å². The second kappa shape index (κ2) is 8.11. The molecule has 1 aromatic carbocycles. The van der Waals surface area contributed by atoms with Crippen molar-refractivity contribution in [1.82, 2.24) is 9.55 Å². The smallest absolute Gasteiger partial charge is 0.274 e. The lowest BCUT2D eigenvalue weighted by Gasteiger charge is -2.23. The summed E-state index contributed by atoms with van der Waals surface area (Å²) in [6.07, 6.45) is 3.54. The number of nitrogens with zero attached hydrogens (tertiary/aromatic N) is 2. The Morgan fingerprint density at radius 2 is 1.97 bits per heavy atom. The Labute approximate surface area is 191 Å². The van der Waals surface area contributed by atoms with Crippen molar-refractivity contribution in [3.05, 3.63) is 46.3 Å². The third kappa shape index (κ3) is 4.56. The molecule has 2 unspecified atom stereocenters. The first-order valence-corrected chi connectivity index (χ1v) is 13.0. The van der Waals surface area contributed by atoms with Crippen LogP contribution in [0.3, 0.4) is 0 Å². The average Bonchev–Trinajstić information content (AvgIpc) is 3.26. The summed E-state index contributed by atoms with van der Waals surface area (Å²) in [5, 5.41) is 13.5. The van der Waals surface area contributed by atoms with Gasteiger partial charge in [-0.1, -0.05) is 11.6 Å².